The number of carbonyl (C=O) groups excluding carboxylic acids is 4. The number of amides is 4. The molecule has 4 N–H and O–H groups in total. The Morgan fingerprint density at radius 2 is 0.836 bits per heavy atom. The highest BCUT2D eigenvalue weighted by atomic mass is 35.5. The molecule has 0 unspecified atom stereocenters. The lowest BCUT2D eigenvalue weighted by atomic mass is 10.1. The highest BCUT2D eigenvalue weighted by Gasteiger charge is 2.34. The molecular formula is C37H57ClN3O14-. The van der Waals surface area contributed by atoms with Crippen LogP contribution in [0.15, 0.2) is 48.5 Å². The Labute approximate surface area is 329 Å². The number of ether oxygens (including phenoxy) is 9. The minimum Gasteiger partial charge on any atom is -1.00 e. The minimum absolute atomic E-state index is 0. The van der Waals surface area contributed by atoms with Crippen molar-refractivity contribution in [2.75, 3.05) is 140 Å². The topological polar surface area (TPSA) is 213 Å². The number of imide groups is 2. The van der Waals surface area contributed by atoms with Crippen LogP contribution >= 0.6 is 0 Å². The smallest absolute Gasteiger partial charge is 0.261 e. The molecule has 18 heteroatoms. The normalized spacial score (nSPS) is 12.3. The van der Waals surface area contributed by atoms with Gasteiger partial charge in [0, 0.05) is 27.9 Å². The number of aliphatic hydroxyl groups is 1. The largest absolute Gasteiger partial charge is 1.00 e. The molecule has 4 amide bonds. The van der Waals surface area contributed by atoms with Crippen LogP contribution in [0.2, 0.25) is 0 Å². The molecule has 2 aromatic rings. The van der Waals surface area contributed by atoms with Gasteiger partial charge in [-0.05, 0) is 24.3 Å². The average molecular weight is 803 g/mol. The Balaban J connectivity index is 0.000000742. The predicted octanol–water partition coefficient (Wildman–Crippen LogP) is -2.18. The van der Waals surface area contributed by atoms with E-state index < -0.39 is 0 Å². The zero-order valence-electron chi connectivity index (χ0n) is 32.0. The van der Waals surface area contributed by atoms with E-state index in [0.717, 1.165) is 0 Å². The van der Waals surface area contributed by atoms with Crippen LogP contribution in [0.3, 0.4) is 0 Å². The van der Waals surface area contributed by atoms with Crippen LogP contribution in [0.25, 0.3) is 0 Å². The molecule has 312 valence electrons. The first-order chi connectivity index (χ1) is 26.4. The molecule has 2 aliphatic heterocycles. The summed E-state index contributed by atoms with van der Waals surface area (Å²) in [7, 11) is 4.89. The molecular weight excluding hydrogens is 746 g/mol. The molecule has 4 rings (SSSR count). The van der Waals surface area contributed by atoms with Gasteiger partial charge < -0.3 is 65.9 Å². The van der Waals surface area contributed by atoms with E-state index in [2.05, 4.69) is 5.32 Å². The first kappa shape index (κ1) is 51.6. The molecule has 0 spiro atoms. The zero-order valence-corrected chi connectivity index (χ0v) is 32.8. The summed E-state index contributed by atoms with van der Waals surface area (Å²) in [5, 5.41) is 10.5. The van der Waals surface area contributed by atoms with E-state index in [1.807, 2.05) is 0 Å². The summed E-state index contributed by atoms with van der Waals surface area (Å²) in [5.74, 6) is -1.11. The standard InChI is InChI=1S/C15H19NO5.C8H5NO2.C7H17NO3.C7H16O4.ClH/c1-19-8-9-21-11-10-20-7-6-16-14(17)12-4-2-3-5-13(12)15(16)18;10-7-5-3-1-2-4-6(5)8(11)9-7;2*1-9-4-5-11-7-6-10-3-2-8;/h2-5H,6-11H2,1H3;1-4H,(H,9,10,11);2-8H2,1H3;8H,2-7H2,1H3;1H/p-1. The van der Waals surface area contributed by atoms with Crippen molar-refractivity contribution >= 4 is 23.6 Å². The fourth-order valence-corrected chi connectivity index (χ4v) is 4.26. The third-order valence-corrected chi connectivity index (χ3v) is 6.89. The van der Waals surface area contributed by atoms with E-state index in [0.29, 0.717) is 128 Å². The Hall–Kier alpha value is -3.43. The van der Waals surface area contributed by atoms with E-state index in [1.165, 1.54) is 4.90 Å². The van der Waals surface area contributed by atoms with Gasteiger partial charge in [-0.1, -0.05) is 24.3 Å². The second-order valence-corrected chi connectivity index (χ2v) is 10.8. The summed E-state index contributed by atoms with van der Waals surface area (Å²) in [6, 6.07) is 13.6. The highest BCUT2D eigenvalue weighted by Crippen LogP contribution is 2.21. The summed E-state index contributed by atoms with van der Waals surface area (Å²) in [6.45, 7) is 8.93. The third kappa shape index (κ3) is 22.7. The monoisotopic (exact) mass is 802 g/mol. The molecule has 0 radical (unpaired) electrons. The third-order valence-electron chi connectivity index (χ3n) is 6.89. The number of nitrogens with one attached hydrogen (secondary N) is 1. The molecule has 0 saturated carbocycles. The molecule has 17 nitrogen and oxygen atoms in total. The quantitative estimate of drug-likeness (QED) is 0.0720. The van der Waals surface area contributed by atoms with Crippen molar-refractivity contribution in [2.45, 2.75) is 0 Å². The maximum absolute atomic E-state index is 12.1. The number of hydrogen-bond acceptors (Lipinski definition) is 15. The molecule has 55 heavy (non-hydrogen) atoms. The van der Waals surface area contributed by atoms with Crippen LogP contribution in [0.1, 0.15) is 41.4 Å². The van der Waals surface area contributed by atoms with Crippen molar-refractivity contribution in [1.82, 2.24) is 10.2 Å². The van der Waals surface area contributed by atoms with Crippen molar-refractivity contribution < 1.29 is 79.3 Å². The predicted molar refractivity (Wildman–Crippen MR) is 197 cm³/mol. The number of benzene rings is 2. The lowest BCUT2D eigenvalue weighted by molar-refractivity contribution is -0.0000565. The molecule has 0 aromatic heterocycles. The van der Waals surface area contributed by atoms with Crippen LogP contribution in [0, 0.1) is 0 Å². The average Bonchev–Trinajstić information content (AvgIpc) is 3.62. The highest BCUT2D eigenvalue weighted by molar-refractivity contribution is 6.22. The lowest BCUT2D eigenvalue weighted by Crippen LogP contribution is -3.00. The molecule has 0 aliphatic carbocycles. The second-order valence-electron chi connectivity index (χ2n) is 10.8. The summed E-state index contributed by atoms with van der Waals surface area (Å²) in [4.78, 5) is 47.2. The van der Waals surface area contributed by atoms with Crippen molar-refractivity contribution in [1.29, 1.82) is 0 Å². The zero-order chi connectivity index (χ0) is 39.7. The van der Waals surface area contributed by atoms with Gasteiger partial charge in [0.05, 0.1) is 135 Å². The number of methoxy groups -OCH3 is 3. The maximum atomic E-state index is 12.1. The second kappa shape index (κ2) is 35.0. The first-order valence-electron chi connectivity index (χ1n) is 17.5. The molecule has 0 bridgehead atoms. The molecule has 0 fully saturated rings. The molecule has 0 saturated heterocycles. The molecule has 2 heterocycles. The van der Waals surface area contributed by atoms with Crippen LogP contribution in [-0.2, 0) is 42.6 Å². The van der Waals surface area contributed by atoms with Gasteiger partial charge in [-0.15, -0.1) is 0 Å². The van der Waals surface area contributed by atoms with E-state index in [9.17, 15) is 19.2 Å². The number of carbonyl (C=O) groups is 4. The Morgan fingerprint density at radius 3 is 1.20 bits per heavy atom. The number of nitrogens with two attached hydrogens (primary N) is 1. The van der Waals surface area contributed by atoms with E-state index in [1.54, 1.807) is 69.9 Å². The van der Waals surface area contributed by atoms with E-state index >= 15 is 0 Å². The minimum atomic E-state index is -0.300. The van der Waals surface area contributed by atoms with E-state index in [-0.39, 0.29) is 49.2 Å². The van der Waals surface area contributed by atoms with Gasteiger partial charge >= 0.3 is 0 Å². The number of hydrogen-bond donors (Lipinski definition) is 3. The lowest BCUT2D eigenvalue weighted by Gasteiger charge is -2.13. The summed E-state index contributed by atoms with van der Waals surface area (Å²) in [5.41, 5.74) is 7.07. The Kier molecular flexibility index (Phi) is 32.8. The van der Waals surface area contributed by atoms with Crippen molar-refractivity contribution in [2.24, 2.45) is 5.73 Å². The van der Waals surface area contributed by atoms with Crippen molar-refractivity contribution in [3.05, 3.63) is 70.8 Å². The van der Waals surface area contributed by atoms with Gasteiger partial charge in [0.15, 0.2) is 0 Å². The van der Waals surface area contributed by atoms with Crippen LogP contribution in [0.4, 0.5) is 0 Å². The number of nitrogens with zero attached hydrogens (tertiary/aromatic N) is 1. The maximum Gasteiger partial charge on any atom is 0.261 e. The van der Waals surface area contributed by atoms with Crippen LogP contribution < -0.4 is 23.5 Å². The van der Waals surface area contributed by atoms with E-state index in [4.69, 9.17) is 53.5 Å². The molecule has 2 aromatic carbocycles. The number of halogens is 1. The van der Waals surface area contributed by atoms with Gasteiger partial charge in [0.1, 0.15) is 0 Å². The van der Waals surface area contributed by atoms with Gasteiger partial charge in [-0.2, -0.15) is 0 Å². The van der Waals surface area contributed by atoms with Gasteiger partial charge in [0.2, 0.25) is 0 Å². The van der Waals surface area contributed by atoms with Crippen molar-refractivity contribution in [3.63, 3.8) is 0 Å². The van der Waals surface area contributed by atoms with Gasteiger partial charge in [0.25, 0.3) is 23.6 Å². The summed E-state index contributed by atoms with van der Waals surface area (Å²) >= 11 is 0. The van der Waals surface area contributed by atoms with Crippen LogP contribution in [-0.4, -0.2) is 174 Å². The van der Waals surface area contributed by atoms with Gasteiger partial charge in [-0.3, -0.25) is 29.4 Å². The van der Waals surface area contributed by atoms with Gasteiger partial charge in [-0.25, -0.2) is 0 Å². The SMILES string of the molecule is COCCOCCOCCN.COCCOCCOCCN1C(=O)c2ccccc2C1=O.COCCOCCOCCO.O=C1NC(=O)c2ccccc21.[Cl-]. The van der Waals surface area contributed by atoms with Crippen LogP contribution in [0.5, 0.6) is 0 Å². The summed E-state index contributed by atoms with van der Waals surface area (Å²) < 4.78 is 45.2. The first-order valence-corrected chi connectivity index (χ1v) is 17.5. The molecule has 2 aliphatic rings. The Morgan fingerprint density at radius 1 is 0.509 bits per heavy atom. The number of rotatable bonds is 25. The fourth-order valence-electron chi connectivity index (χ4n) is 4.26. The number of fused-ring (bicyclic) bond motifs is 2. The molecule has 0 atom stereocenters. The van der Waals surface area contributed by atoms with Crippen molar-refractivity contribution in [3.8, 4) is 0 Å². The fraction of sp³-hybridized carbons (Fsp3) is 0.568. The summed E-state index contributed by atoms with van der Waals surface area (Å²) in [6.07, 6.45) is 0. The Bertz CT molecular complexity index is 1220. The number of aliphatic hydroxyl groups excluding tert-OH is 1.